The monoisotopic (exact) mass is 700 g/mol. The highest BCUT2D eigenvalue weighted by Gasteiger charge is 2.44. The van der Waals surface area contributed by atoms with E-state index in [1.165, 1.54) is 78.3 Å². The van der Waals surface area contributed by atoms with Crippen LogP contribution in [0.2, 0.25) is 0 Å². The van der Waals surface area contributed by atoms with E-state index >= 15 is 0 Å². The van der Waals surface area contributed by atoms with Gasteiger partial charge in [-0.1, -0.05) is 152 Å². The largest absolute Gasteiger partial charge is 0.311 e. The molecule has 3 heteroatoms. The van der Waals surface area contributed by atoms with Crippen LogP contribution in [0.4, 0.5) is 34.1 Å². The lowest BCUT2D eigenvalue weighted by Gasteiger charge is -2.45. The Kier molecular flexibility index (Phi) is 8.50. The van der Waals surface area contributed by atoms with Gasteiger partial charge >= 0.3 is 0 Å². The van der Waals surface area contributed by atoms with E-state index in [-0.39, 0.29) is 33.8 Å². The Balaban J connectivity index is 1.57. The molecule has 2 aliphatic rings. The van der Waals surface area contributed by atoms with Crippen molar-refractivity contribution in [3.05, 3.63) is 125 Å². The maximum Gasteiger partial charge on any atom is 0.252 e. The first-order valence-corrected chi connectivity index (χ1v) is 19.7. The van der Waals surface area contributed by atoms with E-state index in [2.05, 4.69) is 211 Å². The Labute approximate surface area is 321 Å². The second-order valence-corrected chi connectivity index (χ2v) is 20.9. The van der Waals surface area contributed by atoms with Crippen molar-refractivity contribution in [1.82, 2.24) is 0 Å². The van der Waals surface area contributed by atoms with Crippen molar-refractivity contribution in [2.24, 2.45) is 0 Å². The fourth-order valence-electron chi connectivity index (χ4n) is 8.48. The van der Waals surface area contributed by atoms with Crippen LogP contribution in [0.3, 0.4) is 0 Å². The summed E-state index contributed by atoms with van der Waals surface area (Å²) in [6.07, 6.45) is 0. The van der Waals surface area contributed by atoms with Gasteiger partial charge in [-0.15, -0.1) is 0 Å². The summed E-state index contributed by atoms with van der Waals surface area (Å²) in [5, 5.41) is 0. The molecule has 0 radical (unpaired) electrons. The van der Waals surface area contributed by atoms with Crippen molar-refractivity contribution in [1.29, 1.82) is 0 Å². The van der Waals surface area contributed by atoms with Gasteiger partial charge in [0.15, 0.2) is 0 Å². The van der Waals surface area contributed by atoms with E-state index < -0.39 is 0 Å². The van der Waals surface area contributed by atoms with Crippen molar-refractivity contribution in [3.8, 4) is 0 Å². The first-order valence-electron chi connectivity index (χ1n) is 19.7. The normalized spacial score (nSPS) is 14.6. The van der Waals surface area contributed by atoms with Gasteiger partial charge in [0.1, 0.15) is 0 Å². The van der Waals surface area contributed by atoms with Gasteiger partial charge in [0.25, 0.3) is 6.71 Å². The molecule has 0 bridgehead atoms. The fraction of sp³-hybridized carbons (Fsp3) is 0.400. The number of benzene rings is 5. The first-order chi connectivity index (χ1) is 24.5. The van der Waals surface area contributed by atoms with Crippen LogP contribution in [0, 0.1) is 0 Å². The number of rotatable bonds is 2. The highest BCUT2D eigenvalue weighted by Crippen LogP contribution is 2.47. The molecule has 53 heavy (non-hydrogen) atoms. The summed E-state index contributed by atoms with van der Waals surface area (Å²) in [5.74, 6) is 0. The van der Waals surface area contributed by atoms with E-state index in [1.54, 1.807) is 0 Å². The quantitative estimate of drug-likeness (QED) is 0.166. The van der Waals surface area contributed by atoms with Gasteiger partial charge in [-0.2, -0.15) is 0 Å². The summed E-state index contributed by atoms with van der Waals surface area (Å²) in [6, 6.07) is 38.1. The Morgan fingerprint density at radius 2 is 0.849 bits per heavy atom. The molecule has 2 heterocycles. The fourth-order valence-corrected chi connectivity index (χ4v) is 8.48. The van der Waals surface area contributed by atoms with Gasteiger partial charge in [0.2, 0.25) is 0 Å². The van der Waals surface area contributed by atoms with E-state index in [4.69, 9.17) is 0 Å². The van der Waals surface area contributed by atoms with Crippen LogP contribution in [0.15, 0.2) is 97.1 Å². The molecule has 0 aliphatic carbocycles. The summed E-state index contributed by atoms with van der Waals surface area (Å²) in [4.78, 5) is 5.11. The molecule has 0 saturated carbocycles. The van der Waals surface area contributed by atoms with Gasteiger partial charge in [0.05, 0.1) is 0 Å². The highest BCUT2D eigenvalue weighted by molar-refractivity contribution is 7.00. The Bertz CT molecular complexity index is 2210. The minimum Gasteiger partial charge on any atom is -0.311 e. The maximum atomic E-state index is 2.58. The van der Waals surface area contributed by atoms with E-state index in [9.17, 15) is 0 Å². The van der Waals surface area contributed by atoms with Gasteiger partial charge in [0, 0.05) is 34.1 Å². The summed E-state index contributed by atoms with van der Waals surface area (Å²) >= 11 is 0. The Hall–Kier alpha value is -4.24. The third-order valence-electron chi connectivity index (χ3n) is 11.6. The molecule has 5 aromatic carbocycles. The van der Waals surface area contributed by atoms with Crippen molar-refractivity contribution < 1.29 is 0 Å². The van der Waals surface area contributed by atoms with Crippen LogP contribution in [-0.2, 0) is 27.1 Å². The number of hydrogen-bond donors (Lipinski definition) is 0. The number of nitrogens with zero attached hydrogens (tertiary/aromatic N) is 2. The minimum atomic E-state index is -0.0124. The molecule has 274 valence electrons. The van der Waals surface area contributed by atoms with Crippen LogP contribution in [0.5, 0.6) is 0 Å². The average Bonchev–Trinajstić information content (AvgIpc) is 3.05. The summed E-state index contributed by atoms with van der Waals surface area (Å²) in [6.45, 7) is 35.1. The molecule has 0 spiro atoms. The lowest BCUT2D eigenvalue weighted by Crippen LogP contribution is -2.61. The molecular weight excluding hydrogens is 639 g/mol. The zero-order valence-electron chi connectivity index (χ0n) is 35.2. The molecule has 7 rings (SSSR count). The molecule has 2 nitrogen and oxygen atoms in total. The molecule has 0 amide bonds. The second-order valence-electron chi connectivity index (χ2n) is 20.9. The van der Waals surface area contributed by atoms with Crippen LogP contribution in [0.1, 0.15) is 132 Å². The molecule has 2 aliphatic heterocycles. The van der Waals surface area contributed by atoms with Crippen LogP contribution in [-0.4, -0.2) is 6.71 Å². The third-order valence-corrected chi connectivity index (χ3v) is 11.6. The standard InChI is InChI=1S/C50H61BN2/c1-46(2,3)32-19-23-35(24-20-32)52-41-28-22-33(47(4,5)6)29-40(41)51-39-27-21-34(48(7,8)9)30-44(39)53(43-18-16-17-42(52)45(43)51)36-25-26-37(49(10,11)12)38(31-36)50(13,14)15/h16-31H,1-15H3. The maximum absolute atomic E-state index is 2.58. The van der Waals surface area contributed by atoms with E-state index in [0.717, 1.165) is 0 Å². The van der Waals surface area contributed by atoms with Crippen molar-refractivity contribution in [2.75, 3.05) is 9.80 Å². The predicted molar refractivity (Wildman–Crippen MR) is 234 cm³/mol. The van der Waals surface area contributed by atoms with Crippen molar-refractivity contribution in [2.45, 2.75) is 131 Å². The van der Waals surface area contributed by atoms with Gasteiger partial charge in [-0.3, -0.25) is 0 Å². The molecule has 0 saturated heterocycles. The van der Waals surface area contributed by atoms with Crippen molar-refractivity contribution >= 4 is 57.2 Å². The average molecular weight is 701 g/mol. The summed E-state index contributed by atoms with van der Waals surface area (Å²) < 4.78 is 0. The van der Waals surface area contributed by atoms with E-state index in [1.807, 2.05) is 0 Å². The lowest BCUT2D eigenvalue weighted by atomic mass is 9.33. The number of hydrogen-bond acceptors (Lipinski definition) is 2. The van der Waals surface area contributed by atoms with Gasteiger partial charge < -0.3 is 9.80 Å². The SMILES string of the molecule is CC(C)(C)c1ccc(N2c3ccc(C(C)(C)C)cc3B3c4ccc(C(C)(C)C)cc4N(c4ccc(C(C)(C)C)c(C(C)(C)C)c4)c4cccc2c43)cc1. The third kappa shape index (κ3) is 6.43. The first kappa shape index (κ1) is 37.1. The molecule has 0 N–H and O–H groups in total. The smallest absolute Gasteiger partial charge is 0.252 e. The van der Waals surface area contributed by atoms with Crippen LogP contribution >= 0.6 is 0 Å². The summed E-state index contributed by atoms with van der Waals surface area (Å²) in [7, 11) is 0. The topological polar surface area (TPSA) is 6.48 Å². The highest BCUT2D eigenvalue weighted by atomic mass is 15.2. The predicted octanol–water partition coefficient (Wildman–Crippen LogP) is 12.3. The molecule has 0 unspecified atom stereocenters. The summed E-state index contributed by atoms with van der Waals surface area (Å²) in [5.41, 5.74) is 18.6. The zero-order chi connectivity index (χ0) is 38.6. The minimum absolute atomic E-state index is 0.00931. The molecule has 0 aromatic heterocycles. The number of fused-ring (bicyclic) bond motifs is 4. The second kappa shape index (κ2) is 12.1. The van der Waals surface area contributed by atoms with Crippen molar-refractivity contribution in [3.63, 3.8) is 0 Å². The van der Waals surface area contributed by atoms with Gasteiger partial charge in [-0.05, 0) is 120 Å². The number of anilines is 6. The zero-order valence-corrected chi connectivity index (χ0v) is 35.2. The molecule has 5 aromatic rings. The Morgan fingerprint density at radius 3 is 1.40 bits per heavy atom. The van der Waals surface area contributed by atoms with Crippen LogP contribution in [0.25, 0.3) is 0 Å². The molecular formula is C50H61BN2. The van der Waals surface area contributed by atoms with Gasteiger partial charge in [-0.25, -0.2) is 0 Å². The molecule has 0 atom stereocenters. The van der Waals surface area contributed by atoms with Crippen LogP contribution < -0.4 is 26.2 Å². The lowest BCUT2D eigenvalue weighted by molar-refractivity contribution is 0.530. The molecule has 0 fully saturated rings. The van der Waals surface area contributed by atoms with E-state index in [0.29, 0.717) is 0 Å². The Morgan fingerprint density at radius 1 is 0.358 bits per heavy atom.